The van der Waals surface area contributed by atoms with E-state index in [0.717, 1.165) is 28.2 Å². The predicted octanol–water partition coefficient (Wildman–Crippen LogP) is 5.37. The molecule has 5 rings (SSSR count). The Kier molecular flexibility index (Phi) is 7.19. The minimum absolute atomic E-state index is 0.0381. The van der Waals surface area contributed by atoms with Crippen molar-refractivity contribution >= 4 is 17.5 Å². The van der Waals surface area contributed by atoms with Crippen molar-refractivity contribution in [2.45, 2.75) is 32.5 Å². The number of aromatic nitrogens is 1. The summed E-state index contributed by atoms with van der Waals surface area (Å²) in [6, 6.07) is 31.3. The van der Waals surface area contributed by atoms with Crippen molar-refractivity contribution in [3.05, 3.63) is 120 Å². The number of fused-ring (bicyclic) bond motifs is 3. The molecule has 3 aromatic carbocycles. The van der Waals surface area contributed by atoms with E-state index in [-0.39, 0.29) is 37.0 Å². The van der Waals surface area contributed by atoms with E-state index in [9.17, 15) is 9.59 Å². The first kappa shape index (κ1) is 24.5. The van der Waals surface area contributed by atoms with Crippen molar-refractivity contribution in [2.24, 2.45) is 0 Å². The van der Waals surface area contributed by atoms with Crippen molar-refractivity contribution in [1.82, 2.24) is 9.47 Å². The van der Waals surface area contributed by atoms with Crippen LogP contribution in [0, 0.1) is 0 Å². The summed E-state index contributed by atoms with van der Waals surface area (Å²) in [4.78, 5) is 30.7. The van der Waals surface area contributed by atoms with Crippen LogP contribution in [0.2, 0.25) is 0 Å². The largest absolute Gasteiger partial charge is 0.367 e. The van der Waals surface area contributed by atoms with Gasteiger partial charge in [0, 0.05) is 12.2 Å². The Morgan fingerprint density at radius 1 is 0.838 bits per heavy atom. The Bertz CT molecular complexity index is 1360. The van der Waals surface area contributed by atoms with Crippen LogP contribution in [-0.4, -0.2) is 40.5 Å². The van der Waals surface area contributed by atoms with Gasteiger partial charge < -0.3 is 14.2 Å². The third-order valence-corrected chi connectivity index (χ3v) is 6.69. The molecule has 37 heavy (non-hydrogen) atoms. The van der Waals surface area contributed by atoms with Crippen LogP contribution in [0.5, 0.6) is 0 Å². The number of nitrogens with zero attached hydrogens (tertiary/aromatic N) is 3. The van der Waals surface area contributed by atoms with E-state index >= 15 is 0 Å². The molecule has 2 amide bonds. The number of carbonyl (C=O) groups is 2. The summed E-state index contributed by atoms with van der Waals surface area (Å²) in [7, 11) is 0. The van der Waals surface area contributed by atoms with Crippen LogP contribution in [0.1, 0.15) is 36.7 Å². The third kappa shape index (κ3) is 5.06. The molecule has 1 atom stereocenters. The number of carbonyl (C=O) groups excluding carboxylic acids is 2. The van der Waals surface area contributed by atoms with Gasteiger partial charge in [0.25, 0.3) is 0 Å². The van der Waals surface area contributed by atoms with Crippen molar-refractivity contribution in [1.29, 1.82) is 0 Å². The van der Waals surface area contributed by atoms with Gasteiger partial charge in [-0.25, -0.2) is 0 Å². The third-order valence-electron chi connectivity index (χ3n) is 6.69. The molecule has 1 aromatic heterocycles. The second-order valence-corrected chi connectivity index (χ2v) is 9.46. The Labute approximate surface area is 217 Å². The molecule has 6 heteroatoms. The Balaban J connectivity index is 1.41. The summed E-state index contributed by atoms with van der Waals surface area (Å²) < 4.78 is 7.84. The van der Waals surface area contributed by atoms with E-state index in [4.69, 9.17) is 4.74 Å². The zero-order valence-corrected chi connectivity index (χ0v) is 21.2. The van der Waals surface area contributed by atoms with Crippen LogP contribution in [0.4, 0.5) is 5.69 Å². The van der Waals surface area contributed by atoms with Crippen LogP contribution < -0.4 is 4.90 Å². The lowest BCUT2D eigenvalue weighted by atomic mass is 9.97. The van der Waals surface area contributed by atoms with Crippen LogP contribution >= 0.6 is 0 Å². The average Bonchev–Trinajstić information content (AvgIpc) is 3.42. The van der Waals surface area contributed by atoms with Crippen molar-refractivity contribution in [3.8, 4) is 5.69 Å². The van der Waals surface area contributed by atoms with E-state index in [1.165, 1.54) is 0 Å². The average molecular weight is 494 g/mol. The number of anilines is 1. The molecule has 0 saturated heterocycles. The van der Waals surface area contributed by atoms with Gasteiger partial charge in [0.1, 0.15) is 19.2 Å². The molecule has 0 spiro atoms. The predicted molar refractivity (Wildman–Crippen MR) is 144 cm³/mol. The molecular formula is C31H31N3O3. The SMILES string of the molecule is CC(C)N(CC(=O)N1c2ccccc2-n2cccc2C1c1ccccc1)C(=O)COCc1ccccc1. The molecule has 0 aliphatic carbocycles. The highest BCUT2D eigenvalue weighted by atomic mass is 16.5. The second-order valence-electron chi connectivity index (χ2n) is 9.46. The van der Waals surface area contributed by atoms with Gasteiger partial charge in [-0.15, -0.1) is 0 Å². The monoisotopic (exact) mass is 493 g/mol. The summed E-state index contributed by atoms with van der Waals surface area (Å²) in [5, 5.41) is 0. The molecule has 6 nitrogen and oxygen atoms in total. The maximum absolute atomic E-state index is 14.1. The number of benzene rings is 3. The zero-order chi connectivity index (χ0) is 25.8. The van der Waals surface area contributed by atoms with E-state index in [0.29, 0.717) is 6.61 Å². The molecule has 0 fully saturated rings. The quantitative estimate of drug-likeness (QED) is 0.332. The fourth-order valence-electron chi connectivity index (χ4n) is 4.91. The van der Waals surface area contributed by atoms with Crippen LogP contribution in [0.15, 0.2) is 103 Å². The molecule has 1 unspecified atom stereocenters. The van der Waals surface area contributed by atoms with Gasteiger partial charge in [-0.2, -0.15) is 0 Å². The van der Waals surface area contributed by atoms with Crippen molar-refractivity contribution in [3.63, 3.8) is 0 Å². The lowest BCUT2D eigenvalue weighted by Crippen LogP contribution is -2.49. The Morgan fingerprint density at radius 3 is 2.19 bits per heavy atom. The van der Waals surface area contributed by atoms with Crippen LogP contribution in [0.3, 0.4) is 0 Å². The highest BCUT2D eigenvalue weighted by molar-refractivity contribution is 6.00. The molecule has 2 heterocycles. The minimum atomic E-state index is -0.308. The molecule has 1 aliphatic heterocycles. The normalized spacial score (nSPS) is 14.2. The first-order valence-electron chi connectivity index (χ1n) is 12.6. The fourth-order valence-corrected chi connectivity index (χ4v) is 4.91. The maximum atomic E-state index is 14.1. The molecule has 0 radical (unpaired) electrons. The van der Waals surface area contributed by atoms with E-state index in [1.54, 1.807) is 4.90 Å². The number of hydrogen-bond acceptors (Lipinski definition) is 3. The van der Waals surface area contributed by atoms with E-state index < -0.39 is 0 Å². The van der Waals surface area contributed by atoms with Gasteiger partial charge in [0.15, 0.2) is 0 Å². The van der Waals surface area contributed by atoms with Crippen molar-refractivity contribution in [2.75, 3.05) is 18.1 Å². The van der Waals surface area contributed by atoms with E-state index in [2.05, 4.69) is 10.6 Å². The molecular weight excluding hydrogens is 462 g/mol. The zero-order valence-electron chi connectivity index (χ0n) is 21.2. The van der Waals surface area contributed by atoms with Crippen molar-refractivity contribution < 1.29 is 14.3 Å². The summed E-state index contributed by atoms with van der Waals surface area (Å²) in [6.45, 7) is 4.07. The van der Waals surface area contributed by atoms with Crippen LogP contribution in [0.25, 0.3) is 5.69 Å². The summed E-state index contributed by atoms with van der Waals surface area (Å²) in [5.74, 6) is -0.344. The molecule has 188 valence electrons. The number of ether oxygens (including phenoxy) is 1. The minimum Gasteiger partial charge on any atom is -0.367 e. The molecule has 0 N–H and O–H groups in total. The topological polar surface area (TPSA) is 54.8 Å². The van der Waals surface area contributed by atoms with Gasteiger partial charge in [-0.1, -0.05) is 72.8 Å². The molecule has 0 bridgehead atoms. The maximum Gasteiger partial charge on any atom is 0.249 e. The second kappa shape index (κ2) is 10.8. The first-order chi connectivity index (χ1) is 18.0. The lowest BCUT2D eigenvalue weighted by Gasteiger charge is -2.40. The highest BCUT2D eigenvalue weighted by Gasteiger charge is 2.37. The summed E-state index contributed by atoms with van der Waals surface area (Å²) in [6.07, 6.45) is 2.03. The standard InChI is InChI=1S/C31H31N3O3/c1-23(2)33(30(36)22-37-21-24-12-5-3-6-13-24)20-29(35)34-27-17-10-9-16-26(27)32-19-11-18-28(32)31(34)25-14-7-4-8-15-25/h3-19,23,31H,20-22H2,1-2H3. The number of para-hydroxylation sites is 2. The fraction of sp³-hybridized carbons (Fsp3) is 0.226. The molecule has 4 aromatic rings. The van der Waals surface area contributed by atoms with Gasteiger partial charge in [0.05, 0.1) is 23.7 Å². The van der Waals surface area contributed by atoms with Gasteiger partial charge >= 0.3 is 0 Å². The van der Waals surface area contributed by atoms with Gasteiger partial charge in [-0.3, -0.25) is 14.5 Å². The molecule has 1 aliphatic rings. The lowest BCUT2D eigenvalue weighted by molar-refractivity contribution is -0.141. The Morgan fingerprint density at radius 2 is 1.49 bits per heavy atom. The molecule has 0 saturated carbocycles. The van der Waals surface area contributed by atoms with Gasteiger partial charge in [-0.05, 0) is 49.2 Å². The number of hydrogen-bond donors (Lipinski definition) is 0. The number of amides is 2. The smallest absolute Gasteiger partial charge is 0.249 e. The van der Waals surface area contributed by atoms with Crippen LogP contribution in [-0.2, 0) is 20.9 Å². The number of rotatable bonds is 8. The summed E-state index contributed by atoms with van der Waals surface area (Å²) >= 11 is 0. The first-order valence-corrected chi connectivity index (χ1v) is 12.6. The van der Waals surface area contributed by atoms with Gasteiger partial charge in [0.2, 0.25) is 11.8 Å². The highest BCUT2D eigenvalue weighted by Crippen LogP contribution is 2.42. The van der Waals surface area contributed by atoms with E-state index in [1.807, 2.05) is 116 Å². The Hall–Kier alpha value is -4.16. The summed E-state index contributed by atoms with van der Waals surface area (Å²) in [5.41, 5.74) is 4.78.